The third kappa shape index (κ3) is 3.64. The lowest BCUT2D eigenvalue weighted by atomic mass is 10.4. The van der Waals surface area contributed by atoms with Crippen molar-refractivity contribution in [1.29, 1.82) is 0 Å². The maximum Gasteiger partial charge on any atom is 0.217 e. The van der Waals surface area contributed by atoms with Crippen LogP contribution in [-0.2, 0) is 22.2 Å². The van der Waals surface area contributed by atoms with Crippen molar-refractivity contribution in [3.8, 4) is 0 Å². The van der Waals surface area contributed by atoms with Gasteiger partial charge in [0.25, 0.3) is 0 Å². The summed E-state index contributed by atoms with van der Waals surface area (Å²) >= 11 is 0. The van der Waals surface area contributed by atoms with Crippen molar-refractivity contribution in [3.05, 3.63) is 29.7 Å². The van der Waals surface area contributed by atoms with E-state index in [9.17, 15) is 8.42 Å². The van der Waals surface area contributed by atoms with Crippen LogP contribution in [0.4, 0.5) is 0 Å². The van der Waals surface area contributed by atoms with Gasteiger partial charge in [-0.15, -0.1) is 0 Å². The van der Waals surface area contributed by atoms with Crippen LogP contribution in [0.5, 0.6) is 0 Å². The van der Waals surface area contributed by atoms with Crippen molar-refractivity contribution in [1.82, 2.24) is 25.1 Å². The van der Waals surface area contributed by atoms with Gasteiger partial charge in [-0.05, 0) is 6.92 Å². The molecule has 0 aliphatic heterocycles. The summed E-state index contributed by atoms with van der Waals surface area (Å²) in [5.41, 5.74) is 0.389. The molecule has 0 aliphatic carbocycles. The van der Waals surface area contributed by atoms with E-state index in [4.69, 9.17) is 4.52 Å². The van der Waals surface area contributed by atoms with Crippen molar-refractivity contribution in [2.75, 3.05) is 6.54 Å². The lowest BCUT2D eigenvalue weighted by molar-refractivity contribution is 0.392. The number of sulfonamides is 1. The molecule has 0 bridgehead atoms. The third-order valence-corrected chi connectivity index (χ3v) is 3.48. The lowest BCUT2D eigenvalue weighted by Crippen LogP contribution is -2.27. The quantitative estimate of drug-likeness (QED) is 0.749. The highest BCUT2D eigenvalue weighted by Gasteiger charge is 2.14. The van der Waals surface area contributed by atoms with Crippen molar-refractivity contribution in [2.45, 2.75) is 19.1 Å². The van der Waals surface area contributed by atoms with Gasteiger partial charge in [-0.3, -0.25) is 5.10 Å². The summed E-state index contributed by atoms with van der Waals surface area (Å²) in [5.74, 6) is 1.03. The Bertz CT molecular complexity index is 590. The number of H-pyrrole nitrogens is 1. The van der Waals surface area contributed by atoms with Crippen molar-refractivity contribution in [3.63, 3.8) is 0 Å². The van der Waals surface area contributed by atoms with E-state index < -0.39 is 10.0 Å². The van der Waals surface area contributed by atoms with Crippen molar-refractivity contribution >= 4 is 10.0 Å². The lowest BCUT2D eigenvalue weighted by Gasteiger charge is -2.03. The zero-order chi connectivity index (χ0) is 13.0. The Labute approximate surface area is 104 Å². The Morgan fingerprint density at radius 1 is 1.50 bits per heavy atom. The average Bonchev–Trinajstić information content (AvgIpc) is 2.89. The molecular weight excluding hydrogens is 258 g/mol. The molecule has 2 aromatic rings. The highest BCUT2D eigenvalue weighted by Crippen LogP contribution is 2.05. The van der Waals surface area contributed by atoms with Crippen molar-refractivity contribution < 1.29 is 12.9 Å². The van der Waals surface area contributed by atoms with Crippen LogP contribution in [0.2, 0.25) is 0 Å². The summed E-state index contributed by atoms with van der Waals surface area (Å²) in [4.78, 5) is 3.89. The predicted molar refractivity (Wildman–Crippen MR) is 62.0 cm³/mol. The maximum absolute atomic E-state index is 11.7. The van der Waals surface area contributed by atoms with E-state index >= 15 is 0 Å². The van der Waals surface area contributed by atoms with Crippen LogP contribution in [0.25, 0.3) is 0 Å². The summed E-state index contributed by atoms with van der Waals surface area (Å²) in [6.45, 7) is 1.97. The summed E-state index contributed by atoms with van der Waals surface area (Å²) in [5, 5.41) is 9.96. The number of nitrogens with one attached hydrogen (secondary N) is 2. The number of hydrogen-bond acceptors (Lipinski definition) is 6. The summed E-state index contributed by atoms with van der Waals surface area (Å²) < 4.78 is 30.7. The molecule has 0 saturated heterocycles. The van der Waals surface area contributed by atoms with Gasteiger partial charge in [0.2, 0.25) is 10.0 Å². The minimum Gasteiger partial charge on any atom is -0.361 e. The molecule has 0 radical (unpaired) electrons. The molecule has 9 heteroatoms. The number of hydrogen-bond donors (Lipinski definition) is 2. The van der Waals surface area contributed by atoms with Gasteiger partial charge in [-0.2, -0.15) is 5.10 Å². The van der Waals surface area contributed by atoms with E-state index in [1.54, 1.807) is 13.0 Å². The Kier molecular flexibility index (Phi) is 3.72. The Morgan fingerprint density at radius 2 is 2.33 bits per heavy atom. The Balaban J connectivity index is 1.84. The first-order chi connectivity index (χ1) is 8.55. The molecule has 0 amide bonds. The van der Waals surface area contributed by atoms with Crippen LogP contribution in [0.3, 0.4) is 0 Å². The Hall–Kier alpha value is -1.74. The molecule has 0 fully saturated rings. The highest BCUT2D eigenvalue weighted by molar-refractivity contribution is 7.88. The zero-order valence-corrected chi connectivity index (χ0v) is 10.6. The number of aryl methyl sites for hydroxylation is 1. The van der Waals surface area contributed by atoms with Crippen LogP contribution in [0.1, 0.15) is 17.3 Å². The SMILES string of the molecule is Cc1cc(CS(=O)(=O)NCCc2ncn[nH]2)no1. The van der Waals surface area contributed by atoms with Gasteiger partial charge in [0, 0.05) is 19.0 Å². The molecular formula is C9H13N5O3S. The topological polar surface area (TPSA) is 114 Å². The van der Waals surface area contributed by atoms with Crippen LogP contribution >= 0.6 is 0 Å². The first-order valence-corrected chi connectivity index (χ1v) is 6.94. The standard InChI is InChI=1S/C9H13N5O3S/c1-7-4-8(14-17-7)5-18(15,16)12-3-2-9-10-6-11-13-9/h4,6,12H,2-3,5H2,1H3,(H,10,11,13). The molecule has 0 atom stereocenters. The highest BCUT2D eigenvalue weighted by atomic mass is 32.2. The van der Waals surface area contributed by atoms with Crippen LogP contribution in [0, 0.1) is 6.92 Å². The average molecular weight is 271 g/mol. The molecule has 2 heterocycles. The fourth-order valence-corrected chi connectivity index (χ4v) is 2.45. The van der Waals surface area contributed by atoms with Gasteiger partial charge in [0.1, 0.15) is 29.4 Å². The molecule has 2 aromatic heterocycles. The fourth-order valence-electron chi connectivity index (χ4n) is 1.41. The second-order valence-corrected chi connectivity index (χ2v) is 5.57. The second kappa shape index (κ2) is 5.27. The second-order valence-electron chi connectivity index (χ2n) is 3.76. The molecule has 18 heavy (non-hydrogen) atoms. The molecule has 0 aliphatic rings. The molecule has 2 rings (SSSR count). The van der Waals surface area contributed by atoms with Crippen LogP contribution < -0.4 is 4.72 Å². The summed E-state index contributed by atoms with van der Waals surface area (Å²) in [6, 6.07) is 1.59. The molecule has 0 unspecified atom stereocenters. The first-order valence-electron chi connectivity index (χ1n) is 5.29. The largest absolute Gasteiger partial charge is 0.361 e. The fraction of sp³-hybridized carbons (Fsp3) is 0.444. The van der Waals surface area contributed by atoms with E-state index in [0.29, 0.717) is 23.7 Å². The monoisotopic (exact) mass is 271 g/mol. The van der Waals surface area contributed by atoms with Gasteiger partial charge in [-0.1, -0.05) is 5.16 Å². The number of aromatic amines is 1. The zero-order valence-electron chi connectivity index (χ0n) is 9.75. The Morgan fingerprint density at radius 3 is 2.94 bits per heavy atom. The van der Waals surface area contributed by atoms with Crippen molar-refractivity contribution in [2.24, 2.45) is 0 Å². The van der Waals surface area contributed by atoms with E-state index in [0.717, 1.165) is 0 Å². The maximum atomic E-state index is 11.7. The van der Waals surface area contributed by atoms with E-state index in [-0.39, 0.29) is 12.3 Å². The van der Waals surface area contributed by atoms with Gasteiger partial charge in [-0.25, -0.2) is 18.1 Å². The molecule has 0 aromatic carbocycles. The molecule has 2 N–H and O–H groups in total. The smallest absolute Gasteiger partial charge is 0.217 e. The number of nitrogens with zero attached hydrogens (tertiary/aromatic N) is 3. The number of rotatable bonds is 6. The normalized spacial score (nSPS) is 11.8. The third-order valence-electron chi connectivity index (χ3n) is 2.16. The molecule has 0 spiro atoms. The minimum absolute atomic E-state index is 0.194. The van der Waals surface area contributed by atoms with Gasteiger partial charge >= 0.3 is 0 Å². The molecule has 98 valence electrons. The summed E-state index contributed by atoms with van der Waals surface area (Å²) in [7, 11) is -3.41. The van der Waals surface area contributed by atoms with Crippen LogP contribution in [-0.4, -0.2) is 35.3 Å². The molecule has 8 nitrogen and oxygen atoms in total. The van der Waals surface area contributed by atoms with E-state index in [1.165, 1.54) is 6.33 Å². The summed E-state index contributed by atoms with van der Waals surface area (Å²) in [6.07, 6.45) is 1.83. The predicted octanol–water partition coefficient (Wildman–Crippen LogP) is -0.237. The van der Waals surface area contributed by atoms with E-state index in [1.807, 2.05) is 0 Å². The van der Waals surface area contributed by atoms with E-state index in [2.05, 4.69) is 25.1 Å². The van der Waals surface area contributed by atoms with Gasteiger partial charge in [0.05, 0.1) is 0 Å². The first kappa shape index (κ1) is 12.7. The minimum atomic E-state index is -3.41. The van der Waals surface area contributed by atoms with Gasteiger partial charge in [0.15, 0.2) is 0 Å². The number of aromatic nitrogens is 4. The van der Waals surface area contributed by atoms with Gasteiger partial charge < -0.3 is 4.52 Å². The molecule has 0 saturated carbocycles. The van der Waals surface area contributed by atoms with Crippen LogP contribution in [0.15, 0.2) is 16.9 Å².